The molecule has 1 aliphatic heterocycles. The molecule has 0 unspecified atom stereocenters. The van der Waals surface area contributed by atoms with E-state index in [4.69, 9.17) is 10.5 Å². The van der Waals surface area contributed by atoms with Gasteiger partial charge in [-0.3, -0.25) is 14.3 Å². The zero-order valence-corrected chi connectivity index (χ0v) is 18.4. The minimum atomic E-state index is -4.69. The first-order valence-electron chi connectivity index (χ1n) is 10.4. The van der Waals surface area contributed by atoms with Gasteiger partial charge in [0.25, 0.3) is 5.91 Å². The Morgan fingerprint density at radius 2 is 2.03 bits per heavy atom. The number of alkyl halides is 3. The second-order valence-electron chi connectivity index (χ2n) is 7.92. The predicted octanol–water partition coefficient (Wildman–Crippen LogP) is 2.47. The maximum Gasteiger partial charge on any atom is 0.435 e. The largest absolute Gasteiger partial charge is 0.497 e. The third-order valence-corrected chi connectivity index (χ3v) is 5.62. The molecular formula is C21H27F3N6O3. The van der Waals surface area contributed by atoms with E-state index in [0.29, 0.717) is 44.8 Å². The van der Waals surface area contributed by atoms with Gasteiger partial charge in [0, 0.05) is 45.4 Å². The van der Waals surface area contributed by atoms with E-state index in [1.54, 1.807) is 13.1 Å². The highest BCUT2D eigenvalue weighted by Gasteiger charge is 2.37. The lowest BCUT2D eigenvalue weighted by Gasteiger charge is -2.33. The fraction of sp³-hybridized carbons (Fsp3) is 0.476. The molecule has 12 heteroatoms. The molecule has 0 aliphatic carbocycles. The molecule has 1 aliphatic rings. The monoisotopic (exact) mass is 468 g/mol. The topological polar surface area (TPSA) is 106 Å². The molecule has 2 heterocycles. The van der Waals surface area contributed by atoms with Gasteiger partial charge < -0.3 is 25.6 Å². The van der Waals surface area contributed by atoms with Crippen molar-refractivity contribution >= 4 is 23.7 Å². The number of hydrogen-bond donors (Lipinski definition) is 2. The number of aromatic nitrogens is 2. The molecule has 9 nitrogen and oxygen atoms in total. The van der Waals surface area contributed by atoms with Crippen molar-refractivity contribution in [2.24, 2.45) is 0 Å². The zero-order chi connectivity index (χ0) is 24.2. The molecule has 1 aromatic carbocycles. The first-order chi connectivity index (χ1) is 15.6. The number of methoxy groups -OCH3 is 1. The molecule has 1 fully saturated rings. The minimum Gasteiger partial charge on any atom is -0.497 e. The lowest BCUT2D eigenvalue weighted by atomic mass is 10.0. The van der Waals surface area contributed by atoms with Crippen LogP contribution in [0.4, 0.5) is 24.5 Å². The number of likely N-dealkylation sites (tertiary alicyclic amines) is 1. The van der Waals surface area contributed by atoms with Crippen LogP contribution in [0.2, 0.25) is 0 Å². The zero-order valence-electron chi connectivity index (χ0n) is 18.4. The maximum atomic E-state index is 13.4. The van der Waals surface area contributed by atoms with Crippen molar-refractivity contribution < 1.29 is 27.5 Å². The Morgan fingerprint density at radius 1 is 1.33 bits per heavy atom. The molecule has 3 N–H and O–H groups in total. The Morgan fingerprint density at radius 3 is 2.64 bits per heavy atom. The molecule has 0 saturated carbocycles. The summed E-state index contributed by atoms with van der Waals surface area (Å²) in [5.74, 6) is -0.301. The average molecular weight is 468 g/mol. The number of nitrogen functional groups attached to an aromatic ring is 1. The third kappa shape index (κ3) is 5.95. The highest BCUT2D eigenvalue weighted by molar-refractivity contribution is 6.05. The van der Waals surface area contributed by atoms with Crippen molar-refractivity contribution in [2.75, 3.05) is 51.4 Å². The highest BCUT2D eigenvalue weighted by atomic mass is 19.4. The number of rotatable bonds is 8. The van der Waals surface area contributed by atoms with Crippen molar-refractivity contribution in [3.8, 4) is 5.75 Å². The van der Waals surface area contributed by atoms with E-state index in [1.807, 2.05) is 0 Å². The summed E-state index contributed by atoms with van der Waals surface area (Å²) in [4.78, 5) is 27.4. The van der Waals surface area contributed by atoms with E-state index in [1.165, 1.54) is 28.8 Å². The average Bonchev–Trinajstić information content (AvgIpc) is 3.25. The molecule has 180 valence electrons. The summed E-state index contributed by atoms with van der Waals surface area (Å²) in [6, 6.07) is 5.02. The molecule has 33 heavy (non-hydrogen) atoms. The van der Waals surface area contributed by atoms with Gasteiger partial charge in [-0.15, -0.1) is 0 Å². The molecule has 3 rings (SSSR count). The second-order valence-corrected chi connectivity index (χ2v) is 7.92. The number of amides is 2. The second kappa shape index (κ2) is 10.1. The number of ether oxygens (including phenoxy) is 1. The number of nitrogens with zero attached hydrogens (tertiary/aromatic N) is 4. The summed E-state index contributed by atoms with van der Waals surface area (Å²) >= 11 is 0. The lowest BCUT2D eigenvalue weighted by Crippen LogP contribution is -2.39. The number of hydrogen-bond acceptors (Lipinski definition) is 6. The fourth-order valence-electron chi connectivity index (χ4n) is 3.68. The molecule has 2 amide bonds. The summed E-state index contributed by atoms with van der Waals surface area (Å²) in [6.45, 7) is 2.45. The standard InChI is InChI=1S/C21H27F3N6O3/c1-28(13-31)9-10-29-7-5-14(6-8-29)30-18(12-19(27-30)21(22,23)24)20(32)26-17-11-15(33-2)3-4-16(17)25/h3-4,11-14H,5-10,25H2,1-2H3,(H,26,32). The predicted molar refractivity (Wildman–Crippen MR) is 116 cm³/mol. The van der Waals surface area contributed by atoms with Gasteiger partial charge in [0.05, 0.1) is 24.5 Å². The normalized spacial score (nSPS) is 15.3. The van der Waals surface area contributed by atoms with Gasteiger partial charge in [-0.25, -0.2) is 0 Å². The van der Waals surface area contributed by atoms with Crippen molar-refractivity contribution in [3.05, 3.63) is 35.7 Å². The van der Waals surface area contributed by atoms with Gasteiger partial charge in [-0.1, -0.05) is 0 Å². The van der Waals surface area contributed by atoms with Crippen LogP contribution in [0.5, 0.6) is 5.75 Å². The van der Waals surface area contributed by atoms with Crippen LogP contribution in [0.15, 0.2) is 24.3 Å². The summed E-state index contributed by atoms with van der Waals surface area (Å²) in [6.07, 6.45) is -2.90. The molecular weight excluding hydrogens is 441 g/mol. The molecule has 1 saturated heterocycles. The SMILES string of the molecule is COc1ccc(N)c(NC(=O)c2cc(C(F)(F)F)nn2C2CCN(CCN(C)C=O)CC2)c1. The number of carbonyl (C=O) groups excluding carboxylic acids is 2. The van der Waals surface area contributed by atoms with E-state index in [2.05, 4.69) is 15.3 Å². The van der Waals surface area contributed by atoms with Crippen LogP contribution in [0.3, 0.4) is 0 Å². The Hall–Kier alpha value is -3.28. The van der Waals surface area contributed by atoms with Crippen molar-refractivity contribution in [1.29, 1.82) is 0 Å². The summed E-state index contributed by atoms with van der Waals surface area (Å²) in [5.41, 5.74) is 5.06. The van der Waals surface area contributed by atoms with Gasteiger partial charge in [-0.05, 0) is 25.0 Å². The molecule has 0 spiro atoms. The van der Waals surface area contributed by atoms with Crippen LogP contribution < -0.4 is 15.8 Å². The summed E-state index contributed by atoms with van der Waals surface area (Å²) in [5, 5.41) is 6.31. The van der Waals surface area contributed by atoms with Gasteiger partial charge >= 0.3 is 6.18 Å². The Labute approximate surface area is 189 Å². The smallest absolute Gasteiger partial charge is 0.435 e. The van der Waals surface area contributed by atoms with Gasteiger partial charge in [0.15, 0.2) is 5.69 Å². The number of nitrogens with one attached hydrogen (secondary N) is 1. The van der Waals surface area contributed by atoms with Crippen LogP contribution in [-0.4, -0.2) is 72.2 Å². The Bertz CT molecular complexity index is 986. The first-order valence-corrected chi connectivity index (χ1v) is 10.4. The molecule has 1 aromatic heterocycles. The number of halogens is 3. The van der Waals surface area contributed by atoms with Crippen LogP contribution in [0.1, 0.15) is 35.1 Å². The molecule has 0 atom stereocenters. The van der Waals surface area contributed by atoms with Crippen molar-refractivity contribution in [3.63, 3.8) is 0 Å². The lowest BCUT2D eigenvalue weighted by molar-refractivity contribution is -0.141. The highest BCUT2D eigenvalue weighted by Crippen LogP contribution is 2.32. The number of benzene rings is 1. The van der Waals surface area contributed by atoms with Crippen molar-refractivity contribution in [2.45, 2.75) is 25.1 Å². The fourth-order valence-corrected chi connectivity index (χ4v) is 3.68. The van der Waals surface area contributed by atoms with Gasteiger partial charge in [0.1, 0.15) is 11.4 Å². The number of piperidine rings is 1. The van der Waals surface area contributed by atoms with Crippen LogP contribution in [-0.2, 0) is 11.0 Å². The van der Waals surface area contributed by atoms with Gasteiger partial charge in [-0.2, -0.15) is 18.3 Å². The third-order valence-electron chi connectivity index (χ3n) is 5.62. The Balaban J connectivity index is 1.79. The first kappa shape index (κ1) is 24.4. The van der Waals surface area contributed by atoms with E-state index in [9.17, 15) is 22.8 Å². The molecule has 0 bridgehead atoms. The van der Waals surface area contributed by atoms with E-state index in [0.717, 1.165) is 12.5 Å². The summed E-state index contributed by atoms with van der Waals surface area (Å²) in [7, 11) is 3.13. The van der Waals surface area contributed by atoms with E-state index >= 15 is 0 Å². The summed E-state index contributed by atoms with van der Waals surface area (Å²) < 4.78 is 46.4. The molecule has 0 radical (unpaired) electrons. The van der Waals surface area contributed by atoms with Gasteiger partial charge in [0.2, 0.25) is 6.41 Å². The maximum absolute atomic E-state index is 13.4. The van der Waals surface area contributed by atoms with Crippen LogP contribution >= 0.6 is 0 Å². The minimum absolute atomic E-state index is 0.191. The Kier molecular flexibility index (Phi) is 7.46. The van der Waals surface area contributed by atoms with E-state index in [-0.39, 0.29) is 23.1 Å². The van der Waals surface area contributed by atoms with Crippen LogP contribution in [0, 0.1) is 0 Å². The number of carbonyl (C=O) groups is 2. The number of nitrogens with two attached hydrogens (primary N) is 1. The number of likely N-dealkylation sites (N-methyl/N-ethyl adjacent to an activating group) is 1. The van der Waals surface area contributed by atoms with Crippen LogP contribution in [0.25, 0.3) is 0 Å². The quantitative estimate of drug-likeness (QED) is 0.456. The van der Waals surface area contributed by atoms with E-state index < -0.39 is 17.8 Å². The number of anilines is 2. The molecule has 2 aromatic rings. The van der Waals surface area contributed by atoms with Crippen molar-refractivity contribution in [1.82, 2.24) is 19.6 Å².